The highest BCUT2D eigenvalue weighted by atomic mass is 16.6. The Morgan fingerprint density at radius 1 is 1.29 bits per heavy atom. The Bertz CT molecular complexity index is 1020. The van der Waals surface area contributed by atoms with Crippen molar-refractivity contribution in [2.75, 3.05) is 12.4 Å². The number of rotatable bonds is 6. The standard InChI is InChI=1S/C18H13N3O7/c1-28-15-8-10(7-14(16(15)22)21(26)27)6-12(9-19)17(23)20-13-4-2-11(3-5-13)18(24)25/h2-8,22H,1H3,(H,20,23)(H,24,25)/b12-6+. The normalized spacial score (nSPS) is 10.6. The van der Waals surface area contributed by atoms with Gasteiger partial charge in [0.05, 0.1) is 17.6 Å². The van der Waals surface area contributed by atoms with Crippen LogP contribution in [0.5, 0.6) is 11.5 Å². The third kappa shape index (κ3) is 4.41. The molecule has 0 aliphatic carbocycles. The SMILES string of the molecule is COc1cc(/C=C(\C#N)C(=O)Nc2ccc(C(=O)O)cc2)cc([N+](=O)[O-])c1O. The van der Waals surface area contributed by atoms with E-state index in [1.54, 1.807) is 6.07 Å². The number of carboxylic acid groups (broad SMARTS) is 1. The quantitative estimate of drug-likeness (QED) is 0.296. The number of nitro benzene ring substituents is 1. The Kier molecular flexibility index (Phi) is 5.93. The van der Waals surface area contributed by atoms with Crippen molar-refractivity contribution in [1.82, 2.24) is 0 Å². The van der Waals surface area contributed by atoms with Gasteiger partial charge in [-0.25, -0.2) is 4.79 Å². The van der Waals surface area contributed by atoms with Crippen molar-refractivity contribution in [1.29, 1.82) is 5.26 Å². The highest BCUT2D eigenvalue weighted by Crippen LogP contribution is 2.37. The van der Waals surface area contributed by atoms with Crippen molar-refractivity contribution in [2.45, 2.75) is 0 Å². The van der Waals surface area contributed by atoms with E-state index in [0.29, 0.717) is 0 Å². The summed E-state index contributed by atoms with van der Waals surface area (Å²) in [6.07, 6.45) is 1.09. The number of nitriles is 1. The van der Waals surface area contributed by atoms with Crippen molar-refractivity contribution >= 4 is 29.3 Å². The van der Waals surface area contributed by atoms with Crippen LogP contribution in [0.15, 0.2) is 42.0 Å². The van der Waals surface area contributed by atoms with Gasteiger partial charge in [0.15, 0.2) is 5.75 Å². The van der Waals surface area contributed by atoms with Gasteiger partial charge in [-0.2, -0.15) is 5.26 Å². The number of methoxy groups -OCH3 is 1. The summed E-state index contributed by atoms with van der Waals surface area (Å²) in [5.74, 6) is -2.80. The Hall–Kier alpha value is -4.39. The van der Waals surface area contributed by atoms with Crippen LogP contribution in [0.3, 0.4) is 0 Å². The summed E-state index contributed by atoms with van der Waals surface area (Å²) in [5, 5.41) is 41.3. The second-order valence-corrected chi connectivity index (χ2v) is 5.35. The topological polar surface area (TPSA) is 163 Å². The highest BCUT2D eigenvalue weighted by molar-refractivity contribution is 6.09. The van der Waals surface area contributed by atoms with E-state index in [-0.39, 0.29) is 28.1 Å². The Balaban J connectivity index is 2.33. The zero-order valence-corrected chi connectivity index (χ0v) is 14.4. The lowest BCUT2D eigenvalue weighted by molar-refractivity contribution is -0.386. The number of hydrogen-bond donors (Lipinski definition) is 3. The molecule has 0 heterocycles. The molecular formula is C18H13N3O7. The molecule has 142 valence electrons. The van der Waals surface area contributed by atoms with Gasteiger partial charge < -0.3 is 20.3 Å². The molecule has 0 fully saturated rings. The van der Waals surface area contributed by atoms with Gasteiger partial charge in [0.1, 0.15) is 11.6 Å². The molecule has 10 heteroatoms. The molecular weight excluding hydrogens is 370 g/mol. The largest absolute Gasteiger partial charge is 0.500 e. The molecule has 0 atom stereocenters. The number of carboxylic acids is 1. The van der Waals surface area contributed by atoms with Crippen LogP contribution in [0.2, 0.25) is 0 Å². The van der Waals surface area contributed by atoms with Gasteiger partial charge in [0, 0.05) is 11.8 Å². The summed E-state index contributed by atoms with van der Waals surface area (Å²) >= 11 is 0. The number of phenolic OH excluding ortho intramolecular Hbond substituents is 1. The van der Waals surface area contributed by atoms with E-state index in [9.17, 15) is 30.1 Å². The number of nitrogens with one attached hydrogen (secondary N) is 1. The second kappa shape index (κ2) is 8.33. The number of nitro groups is 1. The van der Waals surface area contributed by atoms with Gasteiger partial charge in [-0.15, -0.1) is 0 Å². The lowest BCUT2D eigenvalue weighted by Gasteiger charge is -2.07. The van der Waals surface area contributed by atoms with Crippen LogP contribution in [0.1, 0.15) is 15.9 Å². The summed E-state index contributed by atoms with van der Waals surface area (Å²) in [7, 11) is 1.20. The number of aromatic carboxylic acids is 1. The van der Waals surface area contributed by atoms with Crippen molar-refractivity contribution in [3.8, 4) is 17.6 Å². The molecule has 0 aliphatic rings. The summed E-state index contributed by atoms with van der Waals surface area (Å²) < 4.78 is 4.86. The van der Waals surface area contributed by atoms with Crippen LogP contribution < -0.4 is 10.1 Å². The lowest BCUT2D eigenvalue weighted by atomic mass is 10.1. The van der Waals surface area contributed by atoms with Gasteiger partial charge in [-0.1, -0.05) is 0 Å². The molecule has 0 bridgehead atoms. The number of amides is 1. The van der Waals surface area contributed by atoms with E-state index >= 15 is 0 Å². The molecule has 0 aliphatic heterocycles. The first-order chi connectivity index (χ1) is 13.3. The molecule has 2 rings (SSSR count). The minimum atomic E-state index is -1.13. The maximum atomic E-state index is 12.3. The monoisotopic (exact) mass is 383 g/mol. The van der Waals surface area contributed by atoms with Gasteiger partial charge in [0.2, 0.25) is 5.75 Å². The predicted molar refractivity (Wildman–Crippen MR) is 96.9 cm³/mol. The third-order valence-electron chi connectivity index (χ3n) is 3.56. The van der Waals surface area contributed by atoms with Crippen LogP contribution in [-0.4, -0.2) is 34.1 Å². The number of phenols is 1. The molecule has 0 spiro atoms. The number of carbonyl (C=O) groups excluding carboxylic acids is 1. The van der Waals surface area contributed by atoms with Gasteiger partial charge in [-0.3, -0.25) is 14.9 Å². The van der Waals surface area contributed by atoms with Crippen LogP contribution in [0, 0.1) is 21.4 Å². The van der Waals surface area contributed by atoms with E-state index in [4.69, 9.17) is 9.84 Å². The fourth-order valence-corrected chi connectivity index (χ4v) is 2.20. The van der Waals surface area contributed by atoms with Crippen LogP contribution >= 0.6 is 0 Å². The average Bonchev–Trinajstić information content (AvgIpc) is 2.67. The van der Waals surface area contributed by atoms with E-state index in [1.165, 1.54) is 37.4 Å². The zero-order valence-electron chi connectivity index (χ0n) is 14.4. The Morgan fingerprint density at radius 3 is 2.43 bits per heavy atom. The predicted octanol–water partition coefficient (Wildman–Crippen LogP) is 2.55. The molecule has 3 N–H and O–H groups in total. The molecule has 0 unspecified atom stereocenters. The third-order valence-corrected chi connectivity index (χ3v) is 3.56. The minimum absolute atomic E-state index is 0.0255. The number of aromatic hydroxyl groups is 1. The Labute approximate surface area is 158 Å². The first kappa shape index (κ1) is 19.9. The van der Waals surface area contributed by atoms with Gasteiger partial charge >= 0.3 is 11.7 Å². The van der Waals surface area contributed by atoms with Crippen molar-refractivity contribution in [2.24, 2.45) is 0 Å². The molecule has 10 nitrogen and oxygen atoms in total. The number of nitrogens with zero attached hydrogens (tertiary/aromatic N) is 2. The van der Waals surface area contributed by atoms with E-state index in [2.05, 4.69) is 5.32 Å². The lowest BCUT2D eigenvalue weighted by Crippen LogP contribution is -2.13. The fourth-order valence-electron chi connectivity index (χ4n) is 2.20. The molecule has 2 aromatic carbocycles. The summed E-state index contributed by atoms with van der Waals surface area (Å²) in [5.41, 5.74) is -0.644. The second-order valence-electron chi connectivity index (χ2n) is 5.35. The van der Waals surface area contributed by atoms with Crippen molar-refractivity contribution in [3.05, 3.63) is 63.2 Å². The fraction of sp³-hybridized carbons (Fsp3) is 0.0556. The zero-order chi connectivity index (χ0) is 20.8. The molecule has 2 aromatic rings. The van der Waals surface area contributed by atoms with Gasteiger partial charge in [0.25, 0.3) is 5.91 Å². The van der Waals surface area contributed by atoms with Crippen LogP contribution in [-0.2, 0) is 4.79 Å². The number of hydrogen-bond acceptors (Lipinski definition) is 7. The molecule has 0 radical (unpaired) electrons. The highest BCUT2D eigenvalue weighted by Gasteiger charge is 2.20. The number of benzene rings is 2. The maximum absolute atomic E-state index is 12.3. The van der Waals surface area contributed by atoms with Crippen molar-refractivity contribution in [3.63, 3.8) is 0 Å². The van der Waals surface area contributed by atoms with Gasteiger partial charge in [-0.05, 0) is 42.0 Å². The number of anilines is 1. The minimum Gasteiger partial charge on any atom is -0.500 e. The van der Waals surface area contributed by atoms with E-state index in [0.717, 1.165) is 12.1 Å². The van der Waals surface area contributed by atoms with E-state index in [1.807, 2.05) is 0 Å². The summed E-state index contributed by atoms with van der Waals surface area (Å²) in [6.45, 7) is 0. The smallest absolute Gasteiger partial charge is 0.335 e. The summed E-state index contributed by atoms with van der Waals surface area (Å²) in [4.78, 5) is 33.3. The molecule has 0 saturated carbocycles. The van der Waals surface area contributed by atoms with Crippen molar-refractivity contribution < 1.29 is 29.5 Å². The Morgan fingerprint density at radius 2 is 1.93 bits per heavy atom. The molecule has 0 saturated heterocycles. The first-order valence-electron chi connectivity index (χ1n) is 7.58. The average molecular weight is 383 g/mol. The maximum Gasteiger partial charge on any atom is 0.335 e. The van der Waals surface area contributed by atoms with Crippen LogP contribution in [0.4, 0.5) is 11.4 Å². The summed E-state index contributed by atoms with van der Waals surface area (Å²) in [6, 6.07) is 9.17. The number of carbonyl (C=O) groups is 2. The molecule has 0 aromatic heterocycles. The van der Waals surface area contributed by atoms with Crippen LogP contribution in [0.25, 0.3) is 6.08 Å². The number of ether oxygens (including phenoxy) is 1. The molecule has 1 amide bonds. The van der Waals surface area contributed by atoms with E-state index < -0.39 is 28.2 Å². The molecule has 28 heavy (non-hydrogen) atoms. The first-order valence-corrected chi connectivity index (χ1v) is 7.58.